The van der Waals surface area contributed by atoms with Crippen molar-refractivity contribution >= 4 is 55.6 Å². The molecule has 0 saturated heterocycles. The van der Waals surface area contributed by atoms with Gasteiger partial charge in [-0.25, -0.2) is 8.42 Å². The third-order valence-electron chi connectivity index (χ3n) is 8.75. The highest BCUT2D eigenvalue weighted by Crippen LogP contribution is 2.32. The number of Topliss-reactive ketones (excluding diaryl/α,β-unsaturated/α-hetero) is 1. The summed E-state index contributed by atoms with van der Waals surface area (Å²) in [5.41, 5.74) is 4.54. The molecule has 2 heterocycles. The zero-order chi connectivity index (χ0) is 33.6. The molecule has 5 rings (SSSR count). The number of carbonyl (C=O) groups excluding carboxylic acids is 2. The van der Waals surface area contributed by atoms with Crippen LogP contribution in [0.25, 0.3) is 10.9 Å². The van der Waals surface area contributed by atoms with Crippen molar-refractivity contribution < 1.29 is 22.7 Å². The molecule has 250 valence electrons. The summed E-state index contributed by atoms with van der Waals surface area (Å²) in [6, 6.07) is 13.0. The summed E-state index contributed by atoms with van der Waals surface area (Å²) in [5, 5.41) is 4.83. The minimum Gasteiger partial charge on any atom is -0.494 e. The molecule has 2 aromatic heterocycles. The fourth-order valence-corrected chi connectivity index (χ4v) is 7.78. The summed E-state index contributed by atoms with van der Waals surface area (Å²) in [6.45, 7) is 4.54. The van der Waals surface area contributed by atoms with Crippen molar-refractivity contribution in [2.75, 3.05) is 24.7 Å². The zero-order valence-electron chi connectivity index (χ0n) is 26.9. The van der Waals surface area contributed by atoms with Crippen LogP contribution in [0, 0.1) is 19.8 Å². The lowest BCUT2D eigenvalue weighted by atomic mass is 9.89. The maximum Gasteiger partial charge on any atom is 0.223 e. The van der Waals surface area contributed by atoms with Crippen LogP contribution in [0.2, 0.25) is 10.0 Å². The van der Waals surface area contributed by atoms with E-state index in [4.69, 9.17) is 27.9 Å². The number of sulfone groups is 1. The van der Waals surface area contributed by atoms with Crippen LogP contribution >= 0.6 is 23.2 Å². The van der Waals surface area contributed by atoms with Crippen molar-refractivity contribution in [1.29, 1.82) is 0 Å². The molecule has 4 aromatic rings. The molecule has 1 amide bonds. The normalized spacial score (nSPS) is 14.0. The van der Waals surface area contributed by atoms with Crippen molar-refractivity contribution in [3.05, 3.63) is 92.9 Å². The van der Waals surface area contributed by atoms with Crippen LogP contribution in [0.4, 0.5) is 0 Å². The lowest BCUT2D eigenvalue weighted by molar-refractivity contribution is -0.125. The number of rotatable bonds is 14. The average Bonchev–Trinajstić information content (AvgIpc) is 3.34. The minimum atomic E-state index is -3.83. The molecule has 0 atom stereocenters. The van der Waals surface area contributed by atoms with Crippen LogP contribution in [0.3, 0.4) is 0 Å². The standard InChI is InChI=1S/C36H41Cl2N3O5S/c1-24-18-29(19-25(2)34(24)38)46-16-7-11-31-30-13-12-28(37)20-32(30)41(22-26-8-6-14-39-21-26)35(31)33(42)23-47(44,45)17-15-40-36(43)27-9-4-3-5-10-27/h6,8,12-14,18-21,27H,3-5,7,9-11,15-17,22-23H2,1-2H3,(H,40,43). The molecule has 0 spiro atoms. The van der Waals surface area contributed by atoms with Crippen molar-refractivity contribution in [3.8, 4) is 5.75 Å². The van der Waals surface area contributed by atoms with Crippen LogP contribution in [0.5, 0.6) is 5.75 Å². The molecule has 1 aliphatic rings. The Balaban J connectivity index is 1.38. The molecule has 0 bridgehead atoms. The summed E-state index contributed by atoms with van der Waals surface area (Å²) < 4.78 is 34.5. The number of nitrogens with zero attached hydrogens (tertiary/aromatic N) is 2. The molecule has 0 unspecified atom stereocenters. The van der Waals surface area contributed by atoms with Crippen molar-refractivity contribution in [2.24, 2.45) is 5.92 Å². The quantitative estimate of drug-likeness (QED) is 0.109. The molecule has 0 aliphatic heterocycles. The van der Waals surface area contributed by atoms with Gasteiger partial charge in [-0.2, -0.15) is 0 Å². The number of carbonyl (C=O) groups is 2. The second-order valence-corrected chi connectivity index (χ2v) is 15.4. The van der Waals surface area contributed by atoms with Gasteiger partial charge < -0.3 is 14.6 Å². The Hall–Kier alpha value is -3.40. The molecule has 1 aliphatic carbocycles. The molecular weight excluding hydrogens is 657 g/mol. The van der Waals surface area contributed by atoms with Gasteiger partial charge in [-0.05, 0) is 92.1 Å². The first-order valence-corrected chi connectivity index (χ1v) is 18.7. The first kappa shape index (κ1) is 34.9. The van der Waals surface area contributed by atoms with Gasteiger partial charge in [0, 0.05) is 46.8 Å². The number of ether oxygens (including phenoxy) is 1. The Morgan fingerprint density at radius 1 is 1.04 bits per heavy atom. The average molecular weight is 699 g/mol. The Morgan fingerprint density at radius 2 is 1.79 bits per heavy atom. The number of amides is 1. The number of halogens is 2. The third kappa shape index (κ3) is 8.95. The largest absolute Gasteiger partial charge is 0.494 e. The van der Waals surface area contributed by atoms with Crippen molar-refractivity contribution in [3.63, 3.8) is 0 Å². The number of hydrogen-bond acceptors (Lipinski definition) is 6. The van der Waals surface area contributed by atoms with E-state index >= 15 is 0 Å². The Labute approximate surface area is 286 Å². The molecule has 1 saturated carbocycles. The molecule has 8 nitrogen and oxygen atoms in total. The number of nitrogens with one attached hydrogen (secondary N) is 1. The smallest absolute Gasteiger partial charge is 0.223 e. The predicted molar refractivity (Wildman–Crippen MR) is 188 cm³/mol. The summed E-state index contributed by atoms with van der Waals surface area (Å²) in [4.78, 5) is 30.9. The van der Waals surface area contributed by atoms with Gasteiger partial charge in [0.2, 0.25) is 5.91 Å². The van der Waals surface area contributed by atoms with E-state index in [1.807, 2.05) is 48.7 Å². The van der Waals surface area contributed by atoms with Crippen LogP contribution in [0.1, 0.15) is 71.3 Å². The van der Waals surface area contributed by atoms with Gasteiger partial charge >= 0.3 is 0 Å². The number of fused-ring (bicyclic) bond motifs is 1. The molecule has 47 heavy (non-hydrogen) atoms. The van der Waals surface area contributed by atoms with E-state index in [-0.39, 0.29) is 24.1 Å². The highest BCUT2D eigenvalue weighted by molar-refractivity contribution is 7.92. The van der Waals surface area contributed by atoms with Gasteiger partial charge in [-0.1, -0.05) is 54.6 Å². The monoisotopic (exact) mass is 697 g/mol. The van der Waals surface area contributed by atoms with Gasteiger partial charge in [0.25, 0.3) is 0 Å². The predicted octanol–water partition coefficient (Wildman–Crippen LogP) is 7.31. The summed E-state index contributed by atoms with van der Waals surface area (Å²) in [6.07, 6.45) is 9.26. The van der Waals surface area contributed by atoms with E-state index in [1.54, 1.807) is 24.5 Å². The lowest BCUT2D eigenvalue weighted by Crippen LogP contribution is -2.36. The fraction of sp³-hybridized carbons (Fsp3) is 0.417. The van der Waals surface area contributed by atoms with Gasteiger partial charge in [0.15, 0.2) is 15.6 Å². The van der Waals surface area contributed by atoms with Crippen LogP contribution in [-0.2, 0) is 27.6 Å². The molecule has 0 radical (unpaired) electrons. The maximum atomic E-state index is 14.1. The number of aromatic nitrogens is 2. The second kappa shape index (κ2) is 15.7. The Bertz CT molecular complexity index is 1830. The SMILES string of the molecule is Cc1cc(OCCCc2c(C(=O)CS(=O)(=O)CCNC(=O)C3CCCCC3)n(Cc3cccnc3)c3cc(Cl)ccc23)cc(C)c1Cl. The fourth-order valence-electron chi connectivity index (χ4n) is 6.41. The number of pyridine rings is 1. The topological polar surface area (TPSA) is 107 Å². The second-order valence-electron chi connectivity index (χ2n) is 12.4. The van der Waals surface area contributed by atoms with Gasteiger partial charge in [-0.3, -0.25) is 14.6 Å². The highest BCUT2D eigenvalue weighted by Gasteiger charge is 2.28. The first-order valence-electron chi connectivity index (χ1n) is 16.1. The minimum absolute atomic E-state index is 0.0208. The Kier molecular flexibility index (Phi) is 11.6. The van der Waals surface area contributed by atoms with Gasteiger partial charge in [-0.15, -0.1) is 0 Å². The molecule has 1 N–H and O–H groups in total. The number of aryl methyl sites for hydroxylation is 3. The summed E-state index contributed by atoms with van der Waals surface area (Å²) in [5.74, 6) is -0.936. The molecular formula is C36H41Cl2N3O5S. The summed E-state index contributed by atoms with van der Waals surface area (Å²) in [7, 11) is -3.83. The van der Waals surface area contributed by atoms with Gasteiger partial charge in [0.1, 0.15) is 11.5 Å². The van der Waals surface area contributed by atoms with Crippen LogP contribution < -0.4 is 10.1 Å². The lowest BCUT2D eigenvalue weighted by Gasteiger charge is -2.20. The zero-order valence-corrected chi connectivity index (χ0v) is 29.2. The van der Waals surface area contributed by atoms with E-state index in [0.29, 0.717) is 47.5 Å². The third-order valence-corrected chi connectivity index (χ3v) is 11.1. The number of ketones is 1. The van der Waals surface area contributed by atoms with Gasteiger partial charge in [0.05, 0.1) is 23.6 Å². The maximum absolute atomic E-state index is 14.1. The highest BCUT2D eigenvalue weighted by atomic mass is 35.5. The van der Waals surface area contributed by atoms with E-state index in [2.05, 4.69) is 10.3 Å². The number of hydrogen-bond donors (Lipinski definition) is 1. The van der Waals surface area contributed by atoms with E-state index in [1.165, 1.54) is 0 Å². The van der Waals surface area contributed by atoms with E-state index in [9.17, 15) is 18.0 Å². The van der Waals surface area contributed by atoms with Crippen molar-refractivity contribution in [1.82, 2.24) is 14.9 Å². The van der Waals surface area contributed by atoms with E-state index < -0.39 is 21.4 Å². The summed E-state index contributed by atoms with van der Waals surface area (Å²) >= 11 is 12.8. The molecule has 2 aromatic carbocycles. The number of benzene rings is 2. The molecule has 11 heteroatoms. The van der Waals surface area contributed by atoms with Crippen LogP contribution in [-0.4, -0.2) is 54.3 Å². The first-order chi connectivity index (χ1) is 22.5. The van der Waals surface area contributed by atoms with Crippen LogP contribution in [0.15, 0.2) is 54.9 Å². The molecule has 1 fully saturated rings. The van der Waals surface area contributed by atoms with E-state index in [0.717, 1.165) is 65.3 Å². The van der Waals surface area contributed by atoms with Crippen molar-refractivity contribution in [2.45, 2.75) is 65.3 Å². The Morgan fingerprint density at radius 3 is 2.49 bits per heavy atom.